The summed E-state index contributed by atoms with van der Waals surface area (Å²) in [5.74, 6) is 2.62. The van der Waals surface area contributed by atoms with Gasteiger partial charge in [-0.15, -0.1) is 6.42 Å². The average molecular weight is 406 g/mol. The van der Waals surface area contributed by atoms with Crippen LogP contribution >= 0.6 is 0 Å². The number of benzene rings is 2. The van der Waals surface area contributed by atoms with Crippen LogP contribution in [0.25, 0.3) is 12.2 Å². The second kappa shape index (κ2) is 11.2. The summed E-state index contributed by atoms with van der Waals surface area (Å²) >= 11 is 0. The van der Waals surface area contributed by atoms with Crippen molar-refractivity contribution in [2.24, 2.45) is 0 Å². The molecule has 0 amide bonds. The Morgan fingerprint density at radius 1 is 1.03 bits per heavy atom. The number of hydrogen-bond donors (Lipinski definition) is 2. The lowest BCUT2D eigenvalue weighted by Gasteiger charge is -2.09. The fourth-order valence-electron chi connectivity index (χ4n) is 2.53. The maximum atomic E-state index is 12.1. The average Bonchev–Trinajstić information content (AvgIpc) is 2.75. The molecule has 0 fully saturated rings. The molecule has 0 spiro atoms. The van der Waals surface area contributed by atoms with E-state index in [2.05, 4.69) is 5.92 Å². The van der Waals surface area contributed by atoms with Crippen molar-refractivity contribution in [3.05, 3.63) is 65.2 Å². The van der Waals surface area contributed by atoms with Gasteiger partial charge in [-0.05, 0) is 47.5 Å². The largest absolute Gasteiger partial charge is 0.508 e. The Labute approximate surface area is 175 Å². The molecule has 0 aliphatic heterocycles. The molecule has 0 aromatic heterocycles. The third-order valence-electron chi connectivity index (χ3n) is 4.04. The smallest absolute Gasteiger partial charge is 0.163 e. The van der Waals surface area contributed by atoms with Crippen LogP contribution in [0, 0.1) is 12.3 Å². The molecule has 2 aromatic carbocycles. The third kappa shape index (κ3) is 6.66. The van der Waals surface area contributed by atoms with Crippen molar-refractivity contribution in [2.75, 3.05) is 13.7 Å². The number of aromatic hydroxyl groups is 1. The SMILES string of the molecule is C#CCOc1ccc(C=CC(=O)CC(=O)C=Cc2ccc(O)c(CO)c2)cc1OC. The number of ketones is 2. The number of carbonyl (C=O) groups excluding carboxylic acids is 2. The van der Waals surface area contributed by atoms with Gasteiger partial charge in [0.25, 0.3) is 0 Å². The van der Waals surface area contributed by atoms with Crippen LogP contribution in [-0.2, 0) is 16.2 Å². The highest BCUT2D eigenvalue weighted by molar-refractivity contribution is 6.10. The minimum Gasteiger partial charge on any atom is -0.508 e. The first kappa shape index (κ1) is 22.5. The van der Waals surface area contributed by atoms with E-state index in [0.29, 0.717) is 28.2 Å². The van der Waals surface area contributed by atoms with Gasteiger partial charge in [-0.2, -0.15) is 0 Å². The van der Waals surface area contributed by atoms with Crippen LogP contribution < -0.4 is 9.47 Å². The molecular formula is C24H22O6. The first-order chi connectivity index (χ1) is 14.5. The van der Waals surface area contributed by atoms with Gasteiger partial charge < -0.3 is 19.7 Å². The van der Waals surface area contributed by atoms with E-state index in [9.17, 15) is 14.7 Å². The number of ether oxygens (including phenoxy) is 2. The zero-order valence-corrected chi connectivity index (χ0v) is 16.5. The van der Waals surface area contributed by atoms with Gasteiger partial charge in [0.1, 0.15) is 12.4 Å². The van der Waals surface area contributed by atoms with Crippen molar-refractivity contribution in [1.82, 2.24) is 0 Å². The van der Waals surface area contributed by atoms with Gasteiger partial charge in [0.2, 0.25) is 0 Å². The first-order valence-corrected chi connectivity index (χ1v) is 9.05. The topological polar surface area (TPSA) is 93.1 Å². The number of carbonyl (C=O) groups is 2. The predicted octanol–water partition coefficient (Wildman–Crippen LogP) is 3.16. The Morgan fingerprint density at radius 2 is 1.67 bits per heavy atom. The molecule has 2 rings (SSSR count). The van der Waals surface area contributed by atoms with E-state index in [-0.39, 0.29) is 37.0 Å². The van der Waals surface area contributed by atoms with Crippen molar-refractivity contribution in [3.8, 4) is 29.6 Å². The Hall–Kier alpha value is -3.82. The van der Waals surface area contributed by atoms with E-state index in [1.54, 1.807) is 36.4 Å². The van der Waals surface area contributed by atoms with Crippen LogP contribution in [0.3, 0.4) is 0 Å². The van der Waals surface area contributed by atoms with Crippen LogP contribution in [0.15, 0.2) is 48.6 Å². The highest BCUT2D eigenvalue weighted by Crippen LogP contribution is 2.28. The molecule has 0 radical (unpaired) electrons. The number of aliphatic hydroxyl groups excluding tert-OH is 1. The zero-order valence-electron chi connectivity index (χ0n) is 16.5. The highest BCUT2D eigenvalue weighted by Gasteiger charge is 2.07. The summed E-state index contributed by atoms with van der Waals surface area (Å²) in [7, 11) is 1.50. The number of methoxy groups -OCH3 is 1. The summed E-state index contributed by atoms with van der Waals surface area (Å²) in [5.41, 5.74) is 1.69. The van der Waals surface area contributed by atoms with Gasteiger partial charge in [0.15, 0.2) is 23.1 Å². The number of allylic oxidation sites excluding steroid dienone is 2. The van der Waals surface area contributed by atoms with Gasteiger partial charge in [0.05, 0.1) is 20.1 Å². The normalized spacial score (nSPS) is 10.8. The number of hydrogen-bond acceptors (Lipinski definition) is 6. The summed E-state index contributed by atoms with van der Waals surface area (Å²) in [5, 5.41) is 18.7. The molecule has 2 N–H and O–H groups in total. The van der Waals surface area contributed by atoms with Crippen molar-refractivity contribution < 1.29 is 29.3 Å². The molecule has 0 saturated carbocycles. The molecule has 0 aliphatic carbocycles. The Morgan fingerprint density at radius 3 is 2.27 bits per heavy atom. The number of rotatable bonds is 10. The van der Waals surface area contributed by atoms with E-state index in [4.69, 9.17) is 21.0 Å². The summed E-state index contributed by atoms with van der Waals surface area (Å²) in [4.78, 5) is 24.1. The number of phenols is 1. The minimum absolute atomic E-state index is 0.0198. The van der Waals surface area contributed by atoms with Gasteiger partial charge in [-0.1, -0.05) is 30.2 Å². The van der Waals surface area contributed by atoms with Crippen LogP contribution in [0.4, 0.5) is 0 Å². The molecule has 0 unspecified atom stereocenters. The summed E-state index contributed by atoms with van der Waals surface area (Å²) in [6.07, 6.45) is 10.6. The van der Waals surface area contributed by atoms with Crippen molar-refractivity contribution in [1.29, 1.82) is 0 Å². The molecule has 2 aromatic rings. The second-order valence-corrected chi connectivity index (χ2v) is 6.23. The fourth-order valence-corrected chi connectivity index (χ4v) is 2.53. The van der Waals surface area contributed by atoms with Gasteiger partial charge in [0, 0.05) is 5.56 Å². The van der Waals surface area contributed by atoms with E-state index < -0.39 is 0 Å². The lowest BCUT2D eigenvalue weighted by molar-refractivity contribution is -0.121. The molecule has 154 valence electrons. The van der Waals surface area contributed by atoms with Crippen LogP contribution in [0.5, 0.6) is 17.2 Å². The zero-order chi connectivity index (χ0) is 21.9. The van der Waals surface area contributed by atoms with Gasteiger partial charge >= 0.3 is 0 Å². The minimum atomic E-state index is -0.362. The highest BCUT2D eigenvalue weighted by atomic mass is 16.5. The van der Waals surface area contributed by atoms with Crippen molar-refractivity contribution >= 4 is 23.7 Å². The molecule has 6 nitrogen and oxygen atoms in total. The standard InChI is InChI=1S/C24H22O6/c1-3-12-30-23-11-7-18(14-24(23)29-2)5-9-21(27)15-20(26)8-4-17-6-10-22(28)19(13-17)16-25/h1,4-11,13-14,25,28H,12,15-16H2,2H3. The summed E-state index contributed by atoms with van der Waals surface area (Å²) < 4.78 is 10.6. The van der Waals surface area contributed by atoms with E-state index >= 15 is 0 Å². The van der Waals surface area contributed by atoms with Crippen molar-refractivity contribution in [3.63, 3.8) is 0 Å². The maximum absolute atomic E-state index is 12.1. The molecule has 6 heteroatoms. The lowest BCUT2D eigenvalue weighted by Crippen LogP contribution is -2.02. The second-order valence-electron chi connectivity index (χ2n) is 6.23. The molecule has 0 heterocycles. The van der Waals surface area contributed by atoms with E-state index in [1.165, 1.54) is 31.4 Å². The molecule has 0 atom stereocenters. The quantitative estimate of drug-likeness (QED) is 0.358. The monoisotopic (exact) mass is 406 g/mol. The lowest BCUT2D eigenvalue weighted by atomic mass is 10.1. The number of aliphatic hydroxyl groups is 1. The predicted molar refractivity (Wildman–Crippen MR) is 114 cm³/mol. The molecule has 30 heavy (non-hydrogen) atoms. The van der Waals surface area contributed by atoms with Crippen LogP contribution in [0.2, 0.25) is 0 Å². The molecule has 0 bridgehead atoms. The first-order valence-electron chi connectivity index (χ1n) is 9.05. The van der Waals surface area contributed by atoms with Gasteiger partial charge in [-0.3, -0.25) is 9.59 Å². The molecule has 0 saturated heterocycles. The molecular weight excluding hydrogens is 384 g/mol. The summed E-state index contributed by atoms with van der Waals surface area (Å²) in [6, 6.07) is 9.72. The van der Waals surface area contributed by atoms with Gasteiger partial charge in [-0.25, -0.2) is 0 Å². The Kier molecular flexibility index (Phi) is 8.42. The van der Waals surface area contributed by atoms with Crippen LogP contribution in [-0.4, -0.2) is 35.5 Å². The molecule has 0 aliphatic rings. The fraction of sp³-hybridized carbons (Fsp3) is 0.167. The summed E-state index contributed by atoms with van der Waals surface area (Å²) in [6.45, 7) is -0.197. The van der Waals surface area contributed by atoms with E-state index in [0.717, 1.165) is 0 Å². The van der Waals surface area contributed by atoms with Crippen molar-refractivity contribution in [2.45, 2.75) is 13.0 Å². The van der Waals surface area contributed by atoms with E-state index in [1.807, 2.05) is 0 Å². The maximum Gasteiger partial charge on any atom is 0.163 e. The Bertz CT molecular complexity index is 1010. The Balaban J connectivity index is 1.97. The van der Waals surface area contributed by atoms with Crippen LogP contribution in [0.1, 0.15) is 23.1 Å². The number of terminal acetylenes is 1. The third-order valence-corrected chi connectivity index (χ3v) is 4.04.